The number of hydrogen-bond acceptors (Lipinski definition) is 4. The highest BCUT2D eigenvalue weighted by atomic mass is 16.5. The van der Waals surface area contributed by atoms with Crippen LogP contribution in [0.15, 0.2) is 24.3 Å². The lowest BCUT2D eigenvalue weighted by atomic mass is 10.1. The van der Waals surface area contributed by atoms with Gasteiger partial charge in [-0.2, -0.15) is 0 Å². The Morgan fingerprint density at radius 2 is 1.50 bits per heavy atom. The number of esters is 2. The van der Waals surface area contributed by atoms with Gasteiger partial charge in [0.25, 0.3) is 0 Å². The molecule has 4 nitrogen and oxygen atoms in total. The maximum atomic E-state index is 12.0. The van der Waals surface area contributed by atoms with E-state index in [-0.39, 0.29) is 12.1 Å². The average molecular weight is 334 g/mol. The molecule has 1 aromatic carbocycles. The van der Waals surface area contributed by atoms with E-state index in [0.717, 1.165) is 12.8 Å². The summed E-state index contributed by atoms with van der Waals surface area (Å²) >= 11 is 0. The molecule has 0 unspecified atom stereocenters. The van der Waals surface area contributed by atoms with Crippen LogP contribution in [-0.2, 0) is 9.47 Å². The molecule has 1 aromatic rings. The monoisotopic (exact) mass is 334 g/mol. The molecule has 0 saturated heterocycles. The lowest BCUT2D eigenvalue weighted by molar-refractivity contribution is 0.0378. The summed E-state index contributed by atoms with van der Waals surface area (Å²) in [6, 6.07) is 6.48. The van der Waals surface area contributed by atoms with Crippen molar-refractivity contribution in [2.24, 2.45) is 0 Å². The molecule has 0 bridgehead atoms. The number of ether oxygens (including phenoxy) is 2. The molecule has 4 heteroatoms. The van der Waals surface area contributed by atoms with Crippen molar-refractivity contribution >= 4 is 11.9 Å². The Morgan fingerprint density at radius 1 is 0.917 bits per heavy atom. The number of carbonyl (C=O) groups is 2. The van der Waals surface area contributed by atoms with Crippen LogP contribution in [0.25, 0.3) is 0 Å². The van der Waals surface area contributed by atoms with Crippen LogP contribution in [0.4, 0.5) is 0 Å². The van der Waals surface area contributed by atoms with Crippen molar-refractivity contribution in [1.82, 2.24) is 0 Å². The molecule has 0 saturated carbocycles. The fourth-order valence-electron chi connectivity index (χ4n) is 2.36. The molecule has 0 spiro atoms. The van der Waals surface area contributed by atoms with Gasteiger partial charge < -0.3 is 9.47 Å². The second kappa shape index (κ2) is 11.7. The van der Waals surface area contributed by atoms with Gasteiger partial charge in [-0.05, 0) is 38.5 Å². The number of rotatable bonds is 11. The van der Waals surface area contributed by atoms with Gasteiger partial charge in [0.05, 0.1) is 23.8 Å². The van der Waals surface area contributed by atoms with Gasteiger partial charge in [-0.3, -0.25) is 0 Å². The van der Waals surface area contributed by atoms with Crippen molar-refractivity contribution in [3.05, 3.63) is 35.4 Å². The Morgan fingerprint density at radius 3 is 2.12 bits per heavy atom. The topological polar surface area (TPSA) is 52.6 Å². The van der Waals surface area contributed by atoms with Gasteiger partial charge in [-0.25, -0.2) is 9.59 Å². The lowest BCUT2D eigenvalue weighted by Gasteiger charge is -2.09. The average Bonchev–Trinajstić information content (AvgIpc) is 2.56. The molecule has 0 aromatic heterocycles. The highest BCUT2D eigenvalue weighted by molar-refractivity contribution is 5.95. The molecule has 0 atom stereocenters. The Balaban J connectivity index is 2.33. The SMILES string of the molecule is CCCCCCCCCOC(=O)c1cccc(C(=O)OC(C)C)c1. The first kappa shape index (κ1) is 20.2. The number of hydrogen-bond donors (Lipinski definition) is 0. The summed E-state index contributed by atoms with van der Waals surface area (Å²) in [5.74, 6) is -0.813. The van der Waals surface area contributed by atoms with E-state index in [9.17, 15) is 9.59 Å². The maximum Gasteiger partial charge on any atom is 0.338 e. The van der Waals surface area contributed by atoms with Crippen molar-refractivity contribution in [3.8, 4) is 0 Å². The second-order valence-corrected chi connectivity index (χ2v) is 6.29. The first-order valence-electron chi connectivity index (χ1n) is 9.02. The Hall–Kier alpha value is -1.84. The van der Waals surface area contributed by atoms with Crippen LogP contribution in [-0.4, -0.2) is 24.6 Å². The van der Waals surface area contributed by atoms with Crippen molar-refractivity contribution in [1.29, 1.82) is 0 Å². The quantitative estimate of drug-likeness (QED) is 0.414. The van der Waals surface area contributed by atoms with Crippen molar-refractivity contribution in [2.45, 2.75) is 71.8 Å². The van der Waals surface area contributed by atoms with Gasteiger partial charge in [-0.15, -0.1) is 0 Å². The minimum Gasteiger partial charge on any atom is -0.462 e. The first-order valence-corrected chi connectivity index (χ1v) is 9.02. The largest absolute Gasteiger partial charge is 0.462 e. The molecular formula is C20H30O4. The van der Waals surface area contributed by atoms with E-state index >= 15 is 0 Å². The summed E-state index contributed by atoms with van der Waals surface area (Å²) in [7, 11) is 0. The normalized spacial score (nSPS) is 10.7. The van der Waals surface area contributed by atoms with Gasteiger partial charge in [0.2, 0.25) is 0 Å². The van der Waals surface area contributed by atoms with Gasteiger partial charge in [0.15, 0.2) is 0 Å². The van der Waals surface area contributed by atoms with Gasteiger partial charge >= 0.3 is 11.9 Å². The van der Waals surface area contributed by atoms with Crippen LogP contribution >= 0.6 is 0 Å². The lowest BCUT2D eigenvalue weighted by Crippen LogP contribution is -2.13. The molecule has 24 heavy (non-hydrogen) atoms. The summed E-state index contributed by atoms with van der Waals surface area (Å²) < 4.78 is 10.4. The second-order valence-electron chi connectivity index (χ2n) is 6.29. The molecule has 134 valence electrons. The maximum absolute atomic E-state index is 12.0. The van der Waals surface area contributed by atoms with Crippen molar-refractivity contribution in [3.63, 3.8) is 0 Å². The van der Waals surface area contributed by atoms with Crippen LogP contribution in [0.3, 0.4) is 0 Å². The van der Waals surface area contributed by atoms with Gasteiger partial charge in [-0.1, -0.05) is 51.5 Å². The highest BCUT2D eigenvalue weighted by Gasteiger charge is 2.13. The van der Waals surface area contributed by atoms with Crippen molar-refractivity contribution < 1.29 is 19.1 Å². The Labute approximate surface area is 145 Å². The van der Waals surface area contributed by atoms with E-state index in [1.54, 1.807) is 32.0 Å². The third-order valence-electron chi connectivity index (χ3n) is 3.66. The molecular weight excluding hydrogens is 304 g/mol. The summed E-state index contributed by atoms with van der Waals surface area (Å²) in [6.45, 7) is 6.21. The molecule has 0 aliphatic carbocycles. The van der Waals surface area contributed by atoms with Gasteiger partial charge in [0, 0.05) is 0 Å². The van der Waals surface area contributed by atoms with Crippen LogP contribution in [0.2, 0.25) is 0 Å². The minimum atomic E-state index is -0.424. The van der Waals surface area contributed by atoms with E-state index in [0.29, 0.717) is 17.7 Å². The van der Waals surface area contributed by atoms with E-state index in [2.05, 4.69) is 6.92 Å². The molecule has 0 aliphatic rings. The van der Waals surface area contributed by atoms with Crippen LogP contribution in [0.5, 0.6) is 0 Å². The van der Waals surface area contributed by atoms with E-state index in [4.69, 9.17) is 9.47 Å². The molecule has 1 rings (SSSR count). The Kier molecular flexibility index (Phi) is 9.81. The first-order chi connectivity index (χ1) is 11.5. The fourth-order valence-corrected chi connectivity index (χ4v) is 2.36. The summed E-state index contributed by atoms with van der Waals surface area (Å²) in [6.07, 6.45) is 8.05. The van der Waals surface area contributed by atoms with Gasteiger partial charge in [0.1, 0.15) is 0 Å². The fraction of sp³-hybridized carbons (Fsp3) is 0.600. The number of benzene rings is 1. The summed E-state index contributed by atoms with van der Waals surface area (Å²) in [5, 5.41) is 0. The molecule has 0 radical (unpaired) electrons. The third-order valence-corrected chi connectivity index (χ3v) is 3.66. The number of unbranched alkanes of at least 4 members (excludes halogenated alkanes) is 6. The van der Waals surface area contributed by atoms with Crippen LogP contribution in [0, 0.1) is 0 Å². The van der Waals surface area contributed by atoms with Crippen molar-refractivity contribution in [2.75, 3.05) is 6.61 Å². The molecule has 0 aliphatic heterocycles. The predicted octanol–water partition coefficient (Wildman–Crippen LogP) is 5.16. The summed E-state index contributed by atoms with van der Waals surface area (Å²) in [4.78, 5) is 23.9. The standard InChI is InChI=1S/C20H30O4/c1-4-5-6-7-8-9-10-14-23-19(21)17-12-11-13-18(15-17)20(22)24-16(2)3/h11-13,15-16H,4-10,14H2,1-3H3. The third kappa shape index (κ3) is 8.14. The van der Waals surface area contributed by atoms with Crippen LogP contribution < -0.4 is 0 Å². The predicted molar refractivity (Wildman–Crippen MR) is 95.3 cm³/mol. The summed E-state index contributed by atoms with van der Waals surface area (Å²) in [5.41, 5.74) is 0.755. The molecule has 0 N–H and O–H groups in total. The van der Waals surface area contributed by atoms with Crippen LogP contribution in [0.1, 0.15) is 86.4 Å². The smallest absolute Gasteiger partial charge is 0.338 e. The highest BCUT2D eigenvalue weighted by Crippen LogP contribution is 2.11. The molecule has 0 fully saturated rings. The zero-order chi connectivity index (χ0) is 17.8. The molecule has 0 amide bonds. The van der Waals surface area contributed by atoms with E-state index < -0.39 is 5.97 Å². The van der Waals surface area contributed by atoms with E-state index in [1.165, 1.54) is 38.2 Å². The zero-order valence-electron chi connectivity index (χ0n) is 15.2. The van der Waals surface area contributed by atoms with E-state index in [1.807, 2.05) is 0 Å². The molecule has 0 heterocycles. The minimum absolute atomic E-state index is 0.189. The Bertz CT molecular complexity index is 508. The zero-order valence-corrected chi connectivity index (χ0v) is 15.2. The number of carbonyl (C=O) groups excluding carboxylic acids is 2.